The lowest BCUT2D eigenvalue weighted by Crippen LogP contribution is -2.12. The molecule has 1 atom stereocenters. The first-order valence-electron chi connectivity index (χ1n) is 6.02. The molecule has 2 aromatic carbocycles. The summed E-state index contributed by atoms with van der Waals surface area (Å²) in [5, 5.41) is 8.12. The maximum Gasteiger partial charge on any atom is 0.238 e. The third kappa shape index (κ3) is 3.34. The Kier molecular flexibility index (Phi) is 4.06. The normalized spacial score (nSPS) is 12.9. The van der Waals surface area contributed by atoms with Gasteiger partial charge in [-0.15, -0.1) is 0 Å². The van der Waals surface area contributed by atoms with E-state index in [9.17, 15) is 12.8 Å². The molecule has 0 spiro atoms. The van der Waals surface area contributed by atoms with E-state index < -0.39 is 10.0 Å². The summed E-state index contributed by atoms with van der Waals surface area (Å²) in [7, 11) is -3.69. The SMILES string of the molecule is CC(Nc1ccc(S(N)(=O)=O)cc1)c1ccccc1F. The Morgan fingerprint density at radius 1 is 1.10 bits per heavy atom. The van der Waals surface area contributed by atoms with E-state index in [2.05, 4.69) is 5.32 Å². The monoisotopic (exact) mass is 294 g/mol. The molecular formula is C14H15FN2O2S. The van der Waals surface area contributed by atoms with E-state index in [-0.39, 0.29) is 16.8 Å². The Balaban J connectivity index is 2.17. The summed E-state index contributed by atoms with van der Waals surface area (Å²) in [5.74, 6) is -0.284. The highest BCUT2D eigenvalue weighted by atomic mass is 32.2. The molecule has 106 valence electrons. The number of nitrogens with two attached hydrogens (primary N) is 1. The fraction of sp³-hybridized carbons (Fsp3) is 0.143. The van der Waals surface area contributed by atoms with Gasteiger partial charge in [0.1, 0.15) is 5.82 Å². The van der Waals surface area contributed by atoms with Gasteiger partial charge in [0.15, 0.2) is 0 Å². The molecule has 3 N–H and O–H groups in total. The summed E-state index contributed by atoms with van der Waals surface area (Å²) in [6, 6.07) is 12.3. The standard InChI is InChI=1S/C14H15FN2O2S/c1-10(13-4-2-3-5-14(13)15)17-11-6-8-12(9-7-11)20(16,18)19/h2-10,17H,1H3,(H2,16,18,19). The van der Waals surface area contributed by atoms with Gasteiger partial charge in [0.25, 0.3) is 0 Å². The molecular weight excluding hydrogens is 279 g/mol. The molecule has 0 heterocycles. The van der Waals surface area contributed by atoms with Crippen LogP contribution in [0.4, 0.5) is 10.1 Å². The maximum absolute atomic E-state index is 13.6. The van der Waals surface area contributed by atoms with Crippen molar-refractivity contribution < 1.29 is 12.8 Å². The molecule has 0 fully saturated rings. The number of anilines is 1. The van der Waals surface area contributed by atoms with Gasteiger partial charge >= 0.3 is 0 Å². The predicted octanol–water partition coefficient (Wildman–Crippen LogP) is 2.65. The summed E-state index contributed by atoms with van der Waals surface area (Å²) >= 11 is 0. The summed E-state index contributed by atoms with van der Waals surface area (Å²) < 4.78 is 35.9. The molecule has 4 nitrogen and oxygen atoms in total. The molecule has 0 radical (unpaired) electrons. The number of nitrogens with one attached hydrogen (secondary N) is 1. The zero-order chi connectivity index (χ0) is 14.8. The third-order valence-corrected chi connectivity index (χ3v) is 3.87. The molecule has 0 saturated carbocycles. The lowest BCUT2D eigenvalue weighted by molar-refractivity contribution is 0.598. The average Bonchev–Trinajstić information content (AvgIpc) is 2.38. The summed E-state index contributed by atoms with van der Waals surface area (Å²) in [6.45, 7) is 1.83. The van der Waals surface area contributed by atoms with Crippen LogP contribution in [-0.4, -0.2) is 8.42 Å². The summed E-state index contributed by atoms with van der Waals surface area (Å²) in [5.41, 5.74) is 1.23. The van der Waals surface area contributed by atoms with Crippen LogP contribution in [0.5, 0.6) is 0 Å². The minimum Gasteiger partial charge on any atom is -0.378 e. The topological polar surface area (TPSA) is 72.2 Å². The van der Waals surface area contributed by atoms with Gasteiger partial charge in [-0.3, -0.25) is 0 Å². The molecule has 0 saturated heterocycles. The van der Waals surface area contributed by atoms with Gasteiger partial charge < -0.3 is 5.32 Å². The number of primary sulfonamides is 1. The zero-order valence-corrected chi connectivity index (χ0v) is 11.7. The second-order valence-corrected chi connectivity index (χ2v) is 6.02. The van der Waals surface area contributed by atoms with Crippen molar-refractivity contribution in [1.82, 2.24) is 0 Å². The van der Waals surface area contributed by atoms with Crippen LogP contribution in [0.2, 0.25) is 0 Å². The van der Waals surface area contributed by atoms with Crippen molar-refractivity contribution in [2.45, 2.75) is 17.9 Å². The zero-order valence-electron chi connectivity index (χ0n) is 10.9. The maximum atomic E-state index is 13.6. The van der Waals surface area contributed by atoms with Gasteiger partial charge in [0.2, 0.25) is 10.0 Å². The Morgan fingerprint density at radius 3 is 2.25 bits per heavy atom. The Bertz CT molecular complexity index is 699. The molecule has 0 aromatic heterocycles. The molecule has 2 aromatic rings. The smallest absolute Gasteiger partial charge is 0.238 e. The van der Waals surface area contributed by atoms with E-state index in [0.29, 0.717) is 11.3 Å². The Morgan fingerprint density at radius 2 is 1.70 bits per heavy atom. The van der Waals surface area contributed by atoms with Crippen LogP contribution in [0, 0.1) is 5.82 Å². The molecule has 0 amide bonds. The van der Waals surface area contributed by atoms with Crippen molar-refractivity contribution in [3.63, 3.8) is 0 Å². The van der Waals surface area contributed by atoms with Gasteiger partial charge in [-0.05, 0) is 37.3 Å². The highest BCUT2D eigenvalue weighted by molar-refractivity contribution is 7.89. The number of benzene rings is 2. The van der Waals surface area contributed by atoms with Crippen molar-refractivity contribution in [3.05, 3.63) is 59.9 Å². The number of halogens is 1. The number of rotatable bonds is 4. The summed E-state index contributed by atoms with van der Waals surface area (Å²) in [4.78, 5) is 0.0431. The second-order valence-electron chi connectivity index (χ2n) is 4.46. The van der Waals surface area contributed by atoms with Crippen molar-refractivity contribution in [2.75, 3.05) is 5.32 Å². The van der Waals surface area contributed by atoms with Gasteiger partial charge in [0, 0.05) is 11.3 Å². The first kappa shape index (κ1) is 14.5. The van der Waals surface area contributed by atoms with Gasteiger partial charge in [-0.1, -0.05) is 18.2 Å². The number of hydrogen-bond acceptors (Lipinski definition) is 3. The lowest BCUT2D eigenvalue weighted by Gasteiger charge is -2.16. The van der Waals surface area contributed by atoms with Crippen molar-refractivity contribution in [2.24, 2.45) is 5.14 Å². The van der Waals surface area contributed by atoms with Gasteiger partial charge in [-0.2, -0.15) is 0 Å². The molecule has 2 rings (SSSR count). The molecule has 20 heavy (non-hydrogen) atoms. The Labute approximate surface area is 117 Å². The molecule has 0 aliphatic rings. The molecule has 6 heteroatoms. The van der Waals surface area contributed by atoms with Gasteiger partial charge in [0.05, 0.1) is 10.9 Å². The van der Waals surface area contributed by atoms with E-state index in [1.165, 1.54) is 18.2 Å². The van der Waals surface area contributed by atoms with Crippen LogP contribution in [0.1, 0.15) is 18.5 Å². The first-order valence-corrected chi connectivity index (χ1v) is 7.56. The average molecular weight is 294 g/mol. The number of hydrogen-bond donors (Lipinski definition) is 2. The predicted molar refractivity (Wildman–Crippen MR) is 76.3 cm³/mol. The summed E-state index contributed by atoms with van der Waals surface area (Å²) in [6.07, 6.45) is 0. The van der Waals surface area contributed by atoms with Gasteiger partial charge in [-0.25, -0.2) is 17.9 Å². The van der Waals surface area contributed by atoms with E-state index in [1.54, 1.807) is 30.3 Å². The third-order valence-electron chi connectivity index (χ3n) is 2.94. The van der Waals surface area contributed by atoms with Crippen molar-refractivity contribution in [3.8, 4) is 0 Å². The van der Waals surface area contributed by atoms with Crippen LogP contribution >= 0.6 is 0 Å². The largest absolute Gasteiger partial charge is 0.378 e. The lowest BCUT2D eigenvalue weighted by atomic mass is 10.1. The van der Waals surface area contributed by atoms with Crippen LogP contribution in [0.25, 0.3) is 0 Å². The molecule has 0 bridgehead atoms. The van der Waals surface area contributed by atoms with Crippen LogP contribution < -0.4 is 10.5 Å². The van der Waals surface area contributed by atoms with Crippen LogP contribution in [0.3, 0.4) is 0 Å². The fourth-order valence-electron chi connectivity index (χ4n) is 1.89. The molecule has 1 unspecified atom stereocenters. The highest BCUT2D eigenvalue weighted by Gasteiger charge is 2.11. The first-order chi connectivity index (χ1) is 9.38. The highest BCUT2D eigenvalue weighted by Crippen LogP contribution is 2.22. The minimum atomic E-state index is -3.69. The molecule has 0 aliphatic heterocycles. The van der Waals surface area contributed by atoms with E-state index in [0.717, 1.165) is 0 Å². The molecule has 0 aliphatic carbocycles. The van der Waals surface area contributed by atoms with Crippen molar-refractivity contribution >= 4 is 15.7 Å². The van der Waals surface area contributed by atoms with E-state index in [4.69, 9.17) is 5.14 Å². The van der Waals surface area contributed by atoms with E-state index >= 15 is 0 Å². The van der Waals surface area contributed by atoms with Crippen LogP contribution in [-0.2, 0) is 10.0 Å². The van der Waals surface area contributed by atoms with Crippen LogP contribution in [0.15, 0.2) is 53.4 Å². The Hall–Kier alpha value is -1.92. The minimum absolute atomic E-state index is 0.0431. The fourth-order valence-corrected chi connectivity index (χ4v) is 2.41. The second kappa shape index (κ2) is 5.60. The number of sulfonamides is 1. The quantitative estimate of drug-likeness (QED) is 0.910. The van der Waals surface area contributed by atoms with E-state index in [1.807, 2.05) is 6.92 Å². The van der Waals surface area contributed by atoms with Crippen molar-refractivity contribution in [1.29, 1.82) is 0 Å².